The molecule has 0 aliphatic heterocycles. The van der Waals surface area contributed by atoms with Crippen LogP contribution in [0.4, 0.5) is 0 Å². The lowest BCUT2D eigenvalue weighted by atomic mass is 9.94. The number of aryl methyl sites for hydroxylation is 2. The number of hydrogen-bond donors (Lipinski definition) is 0. The van der Waals surface area contributed by atoms with Gasteiger partial charge in [-0.1, -0.05) is 39.3 Å². The third-order valence-electron chi connectivity index (χ3n) is 2.81. The van der Waals surface area contributed by atoms with Crippen molar-refractivity contribution in [1.82, 2.24) is 0 Å². The van der Waals surface area contributed by atoms with Crippen LogP contribution in [0.2, 0.25) is 0 Å². The van der Waals surface area contributed by atoms with Crippen molar-refractivity contribution in [2.75, 3.05) is 0 Å². The van der Waals surface area contributed by atoms with Gasteiger partial charge in [0.05, 0.1) is 0 Å². The fourth-order valence-corrected chi connectivity index (χ4v) is 1.97. The first-order valence-corrected chi connectivity index (χ1v) is 5.84. The zero-order valence-corrected chi connectivity index (χ0v) is 9.69. The van der Waals surface area contributed by atoms with Crippen molar-refractivity contribution in [2.45, 2.75) is 52.9 Å². The minimum absolute atomic E-state index is 1.15. The highest BCUT2D eigenvalue weighted by molar-refractivity contribution is 5.34. The summed E-state index contributed by atoms with van der Waals surface area (Å²) >= 11 is 0. The summed E-state index contributed by atoms with van der Waals surface area (Å²) in [6, 6.07) is 7.70. The molecule has 0 saturated heterocycles. The minimum atomic E-state index is 1.15. The summed E-state index contributed by atoms with van der Waals surface area (Å²) in [5, 5.41) is 0. The Morgan fingerprint density at radius 2 is 1.93 bits per heavy atom. The van der Waals surface area contributed by atoms with Crippen LogP contribution >= 0.6 is 0 Å². The van der Waals surface area contributed by atoms with E-state index in [-0.39, 0.29) is 0 Å². The summed E-state index contributed by atoms with van der Waals surface area (Å²) in [5.41, 5.74) is 4.51. The highest BCUT2D eigenvalue weighted by Crippen LogP contribution is 2.17. The normalized spacial score (nSPS) is 10.5. The lowest BCUT2D eigenvalue weighted by Gasteiger charge is -2.11. The summed E-state index contributed by atoms with van der Waals surface area (Å²) in [6.07, 6.45) is 6.06. The predicted molar refractivity (Wildman–Crippen MR) is 62.6 cm³/mol. The van der Waals surface area contributed by atoms with Crippen LogP contribution in [-0.4, -0.2) is 0 Å². The first-order valence-electron chi connectivity index (χ1n) is 5.84. The van der Waals surface area contributed by atoms with E-state index in [2.05, 4.69) is 39.0 Å². The predicted octanol–water partition coefficient (Wildman–Crippen LogP) is 3.95. The second kappa shape index (κ2) is 5.85. The molecule has 0 amide bonds. The average molecular weight is 189 g/mol. The smallest absolute Gasteiger partial charge is 0.0146 e. The lowest BCUT2D eigenvalue weighted by Crippen LogP contribution is -1.98. The molecule has 0 heteroatoms. The van der Waals surface area contributed by atoms with E-state index in [0.717, 1.165) is 12.8 Å². The Kier molecular flexibility index (Phi) is 4.72. The van der Waals surface area contributed by atoms with Crippen molar-refractivity contribution in [3.63, 3.8) is 0 Å². The zero-order valence-electron chi connectivity index (χ0n) is 9.69. The van der Waals surface area contributed by atoms with Gasteiger partial charge in [0.1, 0.15) is 0 Å². The van der Waals surface area contributed by atoms with Crippen LogP contribution in [0.3, 0.4) is 0 Å². The molecular weight excluding hydrogens is 168 g/mol. The molecule has 1 aromatic rings. The van der Waals surface area contributed by atoms with Crippen LogP contribution in [0.5, 0.6) is 0 Å². The van der Waals surface area contributed by atoms with Crippen LogP contribution in [-0.2, 0) is 19.3 Å². The quantitative estimate of drug-likeness (QED) is 0.658. The Balaban J connectivity index is 2.90. The maximum atomic E-state index is 3.40. The van der Waals surface area contributed by atoms with E-state index < -0.39 is 0 Å². The second-order valence-electron chi connectivity index (χ2n) is 3.77. The third-order valence-corrected chi connectivity index (χ3v) is 2.81. The monoisotopic (exact) mass is 189 g/mol. The van der Waals surface area contributed by atoms with E-state index in [9.17, 15) is 0 Å². The molecule has 0 atom stereocenters. The Bertz CT molecular complexity index is 273. The average Bonchev–Trinajstić information content (AvgIpc) is 2.25. The van der Waals surface area contributed by atoms with Crippen molar-refractivity contribution in [2.24, 2.45) is 0 Å². The van der Waals surface area contributed by atoms with Crippen LogP contribution in [0.25, 0.3) is 0 Å². The zero-order chi connectivity index (χ0) is 10.4. The van der Waals surface area contributed by atoms with E-state index in [1.807, 2.05) is 0 Å². The van der Waals surface area contributed by atoms with E-state index in [0.29, 0.717) is 0 Å². The molecule has 0 spiro atoms. The molecule has 1 rings (SSSR count). The molecule has 0 heterocycles. The maximum absolute atomic E-state index is 3.40. The van der Waals surface area contributed by atoms with Gasteiger partial charge in [0.2, 0.25) is 0 Å². The molecule has 0 fully saturated rings. The van der Waals surface area contributed by atoms with Crippen molar-refractivity contribution in [1.29, 1.82) is 0 Å². The first kappa shape index (κ1) is 11.3. The molecule has 0 aliphatic carbocycles. The summed E-state index contributed by atoms with van der Waals surface area (Å²) in [4.78, 5) is 0. The van der Waals surface area contributed by atoms with Crippen molar-refractivity contribution in [3.8, 4) is 0 Å². The third kappa shape index (κ3) is 2.60. The van der Waals surface area contributed by atoms with Gasteiger partial charge in [-0.2, -0.15) is 0 Å². The van der Waals surface area contributed by atoms with Gasteiger partial charge in [0.25, 0.3) is 0 Å². The molecule has 0 aromatic heterocycles. The number of unbranched alkanes of at least 4 members (excludes halogenated alkanes) is 1. The summed E-state index contributed by atoms with van der Waals surface area (Å²) < 4.78 is 0. The minimum Gasteiger partial charge on any atom is -0.0654 e. The van der Waals surface area contributed by atoms with E-state index in [4.69, 9.17) is 0 Å². The number of rotatable bonds is 5. The molecule has 0 nitrogen and oxygen atoms in total. The molecule has 0 bridgehead atoms. The van der Waals surface area contributed by atoms with Crippen molar-refractivity contribution in [3.05, 3.63) is 34.9 Å². The van der Waals surface area contributed by atoms with Gasteiger partial charge in [-0.05, 0) is 48.4 Å². The van der Waals surface area contributed by atoms with Crippen LogP contribution < -0.4 is 0 Å². The maximum Gasteiger partial charge on any atom is -0.0146 e. The SMILES string of the molecule is CCCCc1[c]ccc(CC)c1CC. The standard InChI is InChI=1S/C14H21/c1-4-7-9-13-11-8-10-12(5-2)14(13)6-3/h8,10H,4-7,9H2,1-3H3. The highest BCUT2D eigenvalue weighted by atomic mass is 14.1. The molecule has 14 heavy (non-hydrogen) atoms. The second-order valence-corrected chi connectivity index (χ2v) is 3.77. The van der Waals surface area contributed by atoms with Gasteiger partial charge in [0, 0.05) is 0 Å². The van der Waals surface area contributed by atoms with E-state index >= 15 is 0 Å². The fourth-order valence-electron chi connectivity index (χ4n) is 1.97. The molecule has 77 valence electrons. The Morgan fingerprint density at radius 1 is 1.14 bits per heavy atom. The largest absolute Gasteiger partial charge is 0.0654 e. The number of benzene rings is 1. The Hall–Kier alpha value is -0.780. The van der Waals surface area contributed by atoms with Gasteiger partial charge >= 0.3 is 0 Å². The van der Waals surface area contributed by atoms with Gasteiger partial charge < -0.3 is 0 Å². The summed E-state index contributed by atoms with van der Waals surface area (Å²) in [5.74, 6) is 0. The topological polar surface area (TPSA) is 0 Å². The van der Waals surface area contributed by atoms with Crippen LogP contribution in [0.1, 0.15) is 50.3 Å². The Labute approximate surface area is 88.4 Å². The molecule has 0 saturated carbocycles. The van der Waals surface area contributed by atoms with Crippen molar-refractivity contribution >= 4 is 0 Å². The molecule has 0 N–H and O–H groups in total. The van der Waals surface area contributed by atoms with Crippen LogP contribution in [0, 0.1) is 6.07 Å². The molecular formula is C14H21. The van der Waals surface area contributed by atoms with E-state index in [1.165, 1.54) is 30.4 Å². The summed E-state index contributed by atoms with van der Waals surface area (Å²) in [6.45, 7) is 6.73. The van der Waals surface area contributed by atoms with Crippen LogP contribution in [0.15, 0.2) is 12.1 Å². The first-order chi connectivity index (χ1) is 6.83. The number of hydrogen-bond acceptors (Lipinski definition) is 0. The molecule has 1 aromatic carbocycles. The van der Waals surface area contributed by atoms with Gasteiger partial charge in [-0.3, -0.25) is 0 Å². The summed E-state index contributed by atoms with van der Waals surface area (Å²) in [7, 11) is 0. The molecule has 1 radical (unpaired) electrons. The Morgan fingerprint density at radius 3 is 2.50 bits per heavy atom. The molecule has 0 aliphatic rings. The van der Waals surface area contributed by atoms with Gasteiger partial charge in [-0.25, -0.2) is 0 Å². The van der Waals surface area contributed by atoms with E-state index in [1.54, 1.807) is 5.56 Å². The van der Waals surface area contributed by atoms with Gasteiger partial charge in [0.15, 0.2) is 0 Å². The fraction of sp³-hybridized carbons (Fsp3) is 0.571. The van der Waals surface area contributed by atoms with Crippen molar-refractivity contribution < 1.29 is 0 Å². The van der Waals surface area contributed by atoms with Gasteiger partial charge in [-0.15, -0.1) is 0 Å². The lowest BCUT2D eigenvalue weighted by molar-refractivity contribution is 0.783. The highest BCUT2D eigenvalue weighted by Gasteiger charge is 2.04. The molecule has 0 unspecified atom stereocenters.